The summed E-state index contributed by atoms with van der Waals surface area (Å²) in [5.41, 5.74) is 1.43. The van der Waals surface area contributed by atoms with Crippen molar-refractivity contribution in [3.8, 4) is 5.75 Å². The summed E-state index contributed by atoms with van der Waals surface area (Å²) in [4.78, 5) is 29.0. The Morgan fingerprint density at radius 1 is 1.12 bits per heavy atom. The lowest BCUT2D eigenvalue weighted by Gasteiger charge is -2.44. The van der Waals surface area contributed by atoms with Gasteiger partial charge in [0.25, 0.3) is 5.91 Å². The first-order chi connectivity index (χ1) is 15.8. The van der Waals surface area contributed by atoms with Crippen LogP contribution in [0, 0.1) is 5.82 Å². The molecule has 178 valence electrons. The Morgan fingerprint density at radius 3 is 2.55 bits per heavy atom. The Kier molecular flexibility index (Phi) is 8.52. The molecule has 7 nitrogen and oxygen atoms in total. The Labute approximate surface area is 198 Å². The smallest absolute Gasteiger partial charge is 0.319 e. The number of carbonyl (C=O) groups excluding carboxylic acids is 2. The number of nitrogens with one attached hydrogen (secondary N) is 2. The highest BCUT2D eigenvalue weighted by atomic mass is 35.5. The molecule has 2 aromatic rings. The summed E-state index contributed by atoms with van der Waals surface area (Å²) in [6, 6.07) is 11.1. The van der Waals surface area contributed by atoms with Gasteiger partial charge in [-0.25, -0.2) is 9.18 Å². The predicted molar refractivity (Wildman–Crippen MR) is 127 cm³/mol. The summed E-state index contributed by atoms with van der Waals surface area (Å²) in [7, 11) is 0. The van der Waals surface area contributed by atoms with Crippen LogP contribution in [0.1, 0.15) is 26.3 Å². The van der Waals surface area contributed by atoms with Crippen molar-refractivity contribution in [3.05, 3.63) is 58.9 Å². The van der Waals surface area contributed by atoms with Crippen molar-refractivity contribution in [1.29, 1.82) is 0 Å². The first kappa shape index (κ1) is 24.8. The van der Waals surface area contributed by atoms with E-state index in [9.17, 15) is 14.0 Å². The molecule has 2 N–H and O–H groups in total. The Bertz CT molecular complexity index is 973. The second-order valence-corrected chi connectivity index (χ2v) is 8.65. The van der Waals surface area contributed by atoms with Crippen molar-refractivity contribution in [3.63, 3.8) is 0 Å². The first-order valence-corrected chi connectivity index (χ1v) is 11.4. The number of piperazine rings is 1. The number of halogens is 2. The Morgan fingerprint density at radius 2 is 1.85 bits per heavy atom. The Hall–Kier alpha value is -2.84. The zero-order valence-corrected chi connectivity index (χ0v) is 19.9. The average molecular weight is 477 g/mol. The minimum Gasteiger partial charge on any atom is -0.482 e. The lowest BCUT2D eigenvalue weighted by molar-refractivity contribution is -0.139. The SMILES string of the molecule is CCNC(=O)Nc1cc(Cl)ccc1OCC(=O)N1C[C@@H](C)N(Cc2ccc(F)cc2)C[C@@H]1C. The van der Waals surface area contributed by atoms with Crippen LogP contribution in [-0.4, -0.2) is 60.1 Å². The first-order valence-electron chi connectivity index (χ1n) is 11.0. The monoisotopic (exact) mass is 476 g/mol. The van der Waals surface area contributed by atoms with Crippen LogP contribution in [0.5, 0.6) is 5.75 Å². The fraction of sp³-hybridized carbons (Fsp3) is 0.417. The molecule has 1 heterocycles. The summed E-state index contributed by atoms with van der Waals surface area (Å²) in [5.74, 6) is -0.00929. The maximum atomic E-state index is 13.2. The molecule has 1 aliphatic rings. The number of nitrogens with zero attached hydrogens (tertiary/aromatic N) is 2. The van der Waals surface area contributed by atoms with Crippen molar-refractivity contribution < 1.29 is 18.7 Å². The maximum absolute atomic E-state index is 13.2. The third-order valence-electron chi connectivity index (χ3n) is 5.61. The van der Waals surface area contributed by atoms with Crippen molar-refractivity contribution >= 4 is 29.2 Å². The molecule has 3 rings (SSSR count). The summed E-state index contributed by atoms with van der Waals surface area (Å²) < 4.78 is 18.9. The number of carbonyl (C=O) groups is 2. The van der Waals surface area contributed by atoms with Crippen LogP contribution in [0.25, 0.3) is 0 Å². The standard InChI is InChI=1S/C24H30ClFN4O3/c1-4-27-24(32)28-21-11-19(25)7-10-22(21)33-15-23(31)30-13-16(2)29(12-17(30)3)14-18-5-8-20(26)9-6-18/h5-11,16-17H,4,12-15H2,1-3H3,(H2,27,28,32)/t16-,17+/m1/s1. The van der Waals surface area contributed by atoms with Crippen molar-refractivity contribution in [2.45, 2.75) is 39.4 Å². The van der Waals surface area contributed by atoms with Gasteiger partial charge in [-0.05, 0) is 56.7 Å². The number of hydrogen-bond acceptors (Lipinski definition) is 4. The normalized spacial score (nSPS) is 18.6. The van der Waals surface area contributed by atoms with Crippen LogP contribution in [0.15, 0.2) is 42.5 Å². The van der Waals surface area contributed by atoms with Gasteiger partial charge in [-0.15, -0.1) is 0 Å². The molecular formula is C24H30ClFN4O3. The van der Waals surface area contributed by atoms with Gasteiger partial charge >= 0.3 is 6.03 Å². The van der Waals surface area contributed by atoms with Crippen LogP contribution < -0.4 is 15.4 Å². The van der Waals surface area contributed by atoms with E-state index in [0.717, 1.165) is 5.56 Å². The third-order valence-corrected chi connectivity index (χ3v) is 5.85. The largest absolute Gasteiger partial charge is 0.482 e. The molecule has 0 aromatic heterocycles. The van der Waals surface area contributed by atoms with Crippen LogP contribution in [0.3, 0.4) is 0 Å². The van der Waals surface area contributed by atoms with E-state index in [0.29, 0.717) is 42.6 Å². The molecule has 1 fully saturated rings. The van der Waals surface area contributed by atoms with E-state index in [1.165, 1.54) is 12.1 Å². The molecule has 3 amide bonds. The minimum atomic E-state index is -0.379. The van der Waals surface area contributed by atoms with Gasteiger partial charge in [-0.1, -0.05) is 23.7 Å². The summed E-state index contributed by atoms with van der Waals surface area (Å²) in [5, 5.41) is 5.78. The number of hydrogen-bond donors (Lipinski definition) is 2. The summed E-state index contributed by atoms with van der Waals surface area (Å²) in [6.45, 7) is 8.18. The quantitative estimate of drug-likeness (QED) is 0.630. The van der Waals surface area contributed by atoms with Gasteiger partial charge in [0.2, 0.25) is 0 Å². The zero-order valence-electron chi connectivity index (χ0n) is 19.1. The molecule has 2 atom stereocenters. The molecular weight excluding hydrogens is 447 g/mol. The fourth-order valence-corrected chi connectivity index (χ4v) is 4.04. The molecule has 33 heavy (non-hydrogen) atoms. The number of anilines is 1. The van der Waals surface area contributed by atoms with E-state index < -0.39 is 0 Å². The van der Waals surface area contributed by atoms with Crippen molar-refractivity contribution in [2.75, 3.05) is 31.6 Å². The molecule has 9 heteroatoms. The molecule has 2 aromatic carbocycles. The highest BCUT2D eigenvalue weighted by Crippen LogP contribution is 2.28. The maximum Gasteiger partial charge on any atom is 0.319 e. The molecule has 0 bridgehead atoms. The zero-order chi connectivity index (χ0) is 24.0. The van der Waals surface area contributed by atoms with E-state index in [1.54, 1.807) is 30.3 Å². The average Bonchev–Trinajstić information content (AvgIpc) is 2.77. The number of benzene rings is 2. The number of ether oxygens (including phenoxy) is 1. The minimum absolute atomic E-state index is 0.00380. The van der Waals surface area contributed by atoms with Gasteiger partial charge in [0, 0.05) is 43.3 Å². The molecule has 0 radical (unpaired) electrons. The van der Waals surface area contributed by atoms with Crippen molar-refractivity contribution in [2.24, 2.45) is 0 Å². The second-order valence-electron chi connectivity index (χ2n) is 8.21. The van der Waals surface area contributed by atoms with Crippen LogP contribution >= 0.6 is 11.6 Å². The van der Waals surface area contributed by atoms with Crippen LogP contribution in [0.4, 0.5) is 14.9 Å². The summed E-state index contributed by atoms with van der Waals surface area (Å²) >= 11 is 6.05. The summed E-state index contributed by atoms with van der Waals surface area (Å²) in [6.07, 6.45) is 0. The van der Waals surface area contributed by atoms with Crippen LogP contribution in [-0.2, 0) is 11.3 Å². The van der Waals surface area contributed by atoms with Gasteiger partial charge in [-0.3, -0.25) is 9.69 Å². The second kappa shape index (κ2) is 11.3. The van der Waals surface area contributed by atoms with Gasteiger partial charge in [0.1, 0.15) is 11.6 Å². The molecule has 1 saturated heterocycles. The highest BCUT2D eigenvalue weighted by molar-refractivity contribution is 6.31. The number of rotatable bonds is 7. The van der Waals surface area contributed by atoms with Gasteiger partial charge in [0.15, 0.2) is 6.61 Å². The lowest BCUT2D eigenvalue weighted by Crippen LogP contribution is -2.58. The van der Waals surface area contributed by atoms with Crippen molar-refractivity contribution in [1.82, 2.24) is 15.1 Å². The highest BCUT2D eigenvalue weighted by Gasteiger charge is 2.32. The molecule has 0 unspecified atom stereocenters. The fourth-order valence-electron chi connectivity index (χ4n) is 3.87. The number of urea groups is 1. The van der Waals surface area contributed by atoms with Gasteiger partial charge in [0.05, 0.1) is 5.69 Å². The topological polar surface area (TPSA) is 73.9 Å². The van der Waals surface area contributed by atoms with Gasteiger partial charge in [-0.2, -0.15) is 0 Å². The van der Waals surface area contributed by atoms with E-state index in [4.69, 9.17) is 16.3 Å². The molecule has 0 aliphatic carbocycles. The Balaban J connectivity index is 1.59. The van der Waals surface area contributed by atoms with Crippen LogP contribution in [0.2, 0.25) is 5.02 Å². The molecule has 0 spiro atoms. The van der Waals surface area contributed by atoms with E-state index >= 15 is 0 Å². The number of amides is 3. The van der Waals surface area contributed by atoms with E-state index in [2.05, 4.69) is 22.5 Å². The van der Waals surface area contributed by atoms with E-state index in [1.807, 2.05) is 18.7 Å². The lowest BCUT2D eigenvalue weighted by atomic mass is 10.1. The predicted octanol–water partition coefficient (Wildman–Crippen LogP) is 4.12. The molecule has 0 saturated carbocycles. The van der Waals surface area contributed by atoms with E-state index in [-0.39, 0.29) is 36.4 Å². The van der Waals surface area contributed by atoms with Gasteiger partial charge < -0.3 is 20.3 Å². The molecule has 1 aliphatic heterocycles. The third kappa shape index (κ3) is 6.82.